The molecule has 0 fully saturated rings. The molecule has 2 aromatic carbocycles. The molecule has 3 rings (SSSR count). The van der Waals surface area contributed by atoms with Crippen LogP contribution in [0.3, 0.4) is 0 Å². The molecule has 2 N–H and O–H groups in total. The molecule has 0 saturated heterocycles. The van der Waals surface area contributed by atoms with Crippen LogP contribution in [0.2, 0.25) is 0 Å². The number of ether oxygens (including phenoxy) is 1. The summed E-state index contributed by atoms with van der Waals surface area (Å²) in [5, 5.41) is 19.2. The van der Waals surface area contributed by atoms with Crippen LogP contribution in [0.4, 0.5) is 0 Å². The largest absolute Gasteiger partial charge is 0.495 e. The van der Waals surface area contributed by atoms with Crippen molar-refractivity contribution in [2.45, 2.75) is 13.2 Å². The molecule has 0 spiro atoms. The van der Waals surface area contributed by atoms with Crippen molar-refractivity contribution >= 4 is 12.6 Å². The Hall–Kier alpha value is -2.90. The maximum Gasteiger partial charge on any atom is 0.495 e. The molecular formula is C18H17BN2O4. The summed E-state index contributed by atoms with van der Waals surface area (Å²) in [5.74, 6) is -0.0758. The summed E-state index contributed by atoms with van der Waals surface area (Å²) in [5.41, 5.74) is 1.32. The lowest BCUT2D eigenvalue weighted by Gasteiger charge is -2.13. The van der Waals surface area contributed by atoms with Gasteiger partial charge in [0.15, 0.2) is 0 Å². The van der Waals surface area contributed by atoms with Crippen LogP contribution in [0, 0.1) is 0 Å². The number of hydrogen-bond acceptors (Lipinski definition) is 5. The third-order valence-electron chi connectivity index (χ3n) is 3.68. The molecule has 0 bridgehead atoms. The molecule has 1 heterocycles. The SMILES string of the molecule is O=c1nc(OCc2ccccc2)c(B(O)O)cn1Cc1ccccc1. The van der Waals surface area contributed by atoms with Crippen LogP contribution in [0.1, 0.15) is 11.1 Å². The summed E-state index contributed by atoms with van der Waals surface area (Å²) < 4.78 is 6.85. The average Bonchev–Trinajstić information content (AvgIpc) is 2.63. The van der Waals surface area contributed by atoms with E-state index in [9.17, 15) is 14.8 Å². The van der Waals surface area contributed by atoms with E-state index in [0.717, 1.165) is 11.1 Å². The van der Waals surface area contributed by atoms with E-state index < -0.39 is 12.8 Å². The van der Waals surface area contributed by atoms with E-state index in [1.54, 1.807) is 0 Å². The van der Waals surface area contributed by atoms with Crippen LogP contribution in [-0.4, -0.2) is 26.7 Å². The van der Waals surface area contributed by atoms with E-state index in [-0.39, 0.29) is 24.5 Å². The van der Waals surface area contributed by atoms with Gasteiger partial charge in [0.2, 0.25) is 5.88 Å². The molecule has 126 valence electrons. The van der Waals surface area contributed by atoms with Crippen molar-refractivity contribution in [1.29, 1.82) is 0 Å². The lowest BCUT2D eigenvalue weighted by atomic mass is 9.82. The molecule has 7 heteroatoms. The number of benzene rings is 2. The van der Waals surface area contributed by atoms with Crippen molar-refractivity contribution in [3.63, 3.8) is 0 Å². The second-order valence-corrected chi connectivity index (χ2v) is 5.55. The predicted molar refractivity (Wildman–Crippen MR) is 94.6 cm³/mol. The first-order valence-electron chi connectivity index (χ1n) is 7.81. The summed E-state index contributed by atoms with van der Waals surface area (Å²) in [4.78, 5) is 16.1. The highest BCUT2D eigenvalue weighted by Crippen LogP contribution is 2.07. The summed E-state index contributed by atoms with van der Waals surface area (Å²) >= 11 is 0. The van der Waals surface area contributed by atoms with Gasteiger partial charge in [-0.05, 0) is 11.1 Å². The highest BCUT2D eigenvalue weighted by molar-refractivity contribution is 6.59. The third-order valence-corrected chi connectivity index (χ3v) is 3.68. The van der Waals surface area contributed by atoms with Gasteiger partial charge in [0.1, 0.15) is 6.61 Å². The maximum absolute atomic E-state index is 12.2. The van der Waals surface area contributed by atoms with E-state index in [1.807, 2.05) is 60.7 Å². The smallest absolute Gasteiger partial charge is 0.473 e. The molecule has 0 radical (unpaired) electrons. The van der Waals surface area contributed by atoms with Crippen LogP contribution >= 0.6 is 0 Å². The Morgan fingerprint density at radius 3 is 2.16 bits per heavy atom. The molecule has 0 amide bonds. The van der Waals surface area contributed by atoms with Gasteiger partial charge in [0.25, 0.3) is 0 Å². The topological polar surface area (TPSA) is 84.6 Å². The molecule has 1 aromatic heterocycles. The zero-order valence-electron chi connectivity index (χ0n) is 13.4. The van der Waals surface area contributed by atoms with Gasteiger partial charge in [-0.15, -0.1) is 0 Å². The van der Waals surface area contributed by atoms with E-state index in [2.05, 4.69) is 4.98 Å². The average molecular weight is 336 g/mol. The molecular weight excluding hydrogens is 319 g/mol. The Morgan fingerprint density at radius 1 is 0.960 bits per heavy atom. The first kappa shape index (κ1) is 16.9. The van der Waals surface area contributed by atoms with Crippen molar-refractivity contribution in [3.8, 4) is 5.88 Å². The Morgan fingerprint density at radius 2 is 1.56 bits per heavy atom. The van der Waals surface area contributed by atoms with Crippen LogP contribution < -0.4 is 15.9 Å². The zero-order valence-corrected chi connectivity index (χ0v) is 13.4. The fourth-order valence-electron chi connectivity index (χ4n) is 2.41. The fourth-order valence-corrected chi connectivity index (χ4v) is 2.41. The molecule has 0 unspecified atom stereocenters. The third kappa shape index (κ3) is 4.35. The van der Waals surface area contributed by atoms with Crippen LogP contribution in [0.15, 0.2) is 71.7 Å². The van der Waals surface area contributed by atoms with Crippen molar-refractivity contribution in [2.75, 3.05) is 0 Å². The Labute approximate surface area is 145 Å². The Bertz CT molecular complexity index is 883. The van der Waals surface area contributed by atoms with Gasteiger partial charge in [-0.25, -0.2) is 4.79 Å². The van der Waals surface area contributed by atoms with Crippen LogP contribution in [0.5, 0.6) is 5.88 Å². The van der Waals surface area contributed by atoms with Gasteiger partial charge < -0.3 is 14.8 Å². The van der Waals surface area contributed by atoms with E-state index in [4.69, 9.17) is 4.74 Å². The van der Waals surface area contributed by atoms with Crippen LogP contribution in [-0.2, 0) is 13.2 Å². The van der Waals surface area contributed by atoms with Gasteiger partial charge in [-0.1, -0.05) is 60.7 Å². The maximum atomic E-state index is 12.2. The van der Waals surface area contributed by atoms with Crippen molar-refractivity contribution in [3.05, 3.63) is 88.5 Å². The lowest BCUT2D eigenvalue weighted by Crippen LogP contribution is -2.38. The summed E-state index contributed by atoms with van der Waals surface area (Å²) in [6.07, 6.45) is 1.37. The number of hydrogen-bond donors (Lipinski definition) is 2. The molecule has 0 atom stereocenters. The molecule has 0 saturated carbocycles. The second kappa shape index (κ2) is 7.78. The number of rotatable bonds is 6. The van der Waals surface area contributed by atoms with Gasteiger partial charge >= 0.3 is 12.8 Å². The first-order chi connectivity index (χ1) is 12.1. The van der Waals surface area contributed by atoms with E-state index in [0.29, 0.717) is 0 Å². The van der Waals surface area contributed by atoms with Gasteiger partial charge in [-0.3, -0.25) is 4.57 Å². The van der Waals surface area contributed by atoms with Crippen molar-refractivity contribution in [2.24, 2.45) is 0 Å². The first-order valence-corrected chi connectivity index (χ1v) is 7.81. The summed E-state index contributed by atoms with van der Waals surface area (Å²) in [7, 11) is -1.79. The monoisotopic (exact) mass is 336 g/mol. The molecule has 25 heavy (non-hydrogen) atoms. The highest BCUT2D eigenvalue weighted by atomic mass is 16.5. The quantitative estimate of drug-likeness (QED) is 0.642. The van der Waals surface area contributed by atoms with E-state index in [1.165, 1.54) is 10.8 Å². The van der Waals surface area contributed by atoms with Crippen LogP contribution in [0.25, 0.3) is 0 Å². The molecule has 0 aliphatic rings. The molecule has 0 aliphatic carbocycles. The Kier molecular flexibility index (Phi) is 5.28. The number of aromatic nitrogens is 2. The summed E-state index contributed by atoms with van der Waals surface area (Å²) in [6.45, 7) is 0.459. The molecule has 6 nitrogen and oxygen atoms in total. The minimum absolute atomic E-state index is 0.0477. The highest BCUT2D eigenvalue weighted by Gasteiger charge is 2.21. The van der Waals surface area contributed by atoms with Crippen molar-refractivity contribution < 1.29 is 14.8 Å². The zero-order chi connectivity index (χ0) is 17.6. The normalized spacial score (nSPS) is 10.5. The minimum Gasteiger partial charge on any atom is -0.473 e. The standard InChI is InChI=1S/C18H17BN2O4/c22-18-20-17(25-13-15-9-5-2-6-10-15)16(19(23)24)12-21(18)11-14-7-3-1-4-8-14/h1-10,12,23-24H,11,13H2. The lowest BCUT2D eigenvalue weighted by molar-refractivity contribution is 0.292. The van der Waals surface area contributed by atoms with Gasteiger partial charge in [-0.2, -0.15) is 4.98 Å². The minimum atomic E-state index is -1.79. The predicted octanol–water partition coefficient (Wildman–Crippen LogP) is 0.550. The van der Waals surface area contributed by atoms with E-state index >= 15 is 0 Å². The molecule has 3 aromatic rings. The second-order valence-electron chi connectivity index (χ2n) is 5.55. The number of nitrogens with zero attached hydrogens (tertiary/aromatic N) is 2. The summed E-state index contributed by atoms with van der Waals surface area (Å²) in [6, 6.07) is 18.7. The van der Waals surface area contributed by atoms with Gasteiger partial charge in [0, 0.05) is 6.20 Å². The van der Waals surface area contributed by atoms with Crippen molar-refractivity contribution in [1.82, 2.24) is 9.55 Å². The molecule has 0 aliphatic heterocycles. The fraction of sp³-hybridized carbons (Fsp3) is 0.111. The van der Waals surface area contributed by atoms with Gasteiger partial charge in [0.05, 0.1) is 12.0 Å². The Balaban J connectivity index is 1.86.